The average molecular weight is 309 g/mol. The molecule has 2 unspecified atom stereocenters. The second-order valence-corrected chi connectivity index (χ2v) is 6.76. The molecule has 0 spiro atoms. The number of hydrogen-bond acceptors (Lipinski definition) is 2. The van der Waals surface area contributed by atoms with Crippen molar-refractivity contribution < 1.29 is 0 Å². The molecule has 1 N–H and O–H groups in total. The molecular formula is C18H29ClN2. The molecule has 0 aromatic heterocycles. The zero-order valence-corrected chi connectivity index (χ0v) is 14.2. The number of hydrogen-bond donors (Lipinski definition) is 1. The van der Waals surface area contributed by atoms with E-state index in [4.69, 9.17) is 11.6 Å². The predicted octanol–water partition coefficient (Wildman–Crippen LogP) is 4.50. The second-order valence-electron chi connectivity index (χ2n) is 6.33. The first-order valence-electron chi connectivity index (χ1n) is 8.40. The van der Waals surface area contributed by atoms with E-state index in [0.29, 0.717) is 6.04 Å². The predicted molar refractivity (Wildman–Crippen MR) is 91.9 cm³/mol. The van der Waals surface area contributed by atoms with E-state index in [1.807, 2.05) is 12.1 Å². The Hall–Kier alpha value is -0.570. The lowest BCUT2D eigenvalue weighted by atomic mass is 10.0. The van der Waals surface area contributed by atoms with Gasteiger partial charge in [0.2, 0.25) is 0 Å². The molecule has 0 saturated carbocycles. The van der Waals surface area contributed by atoms with E-state index in [-0.39, 0.29) is 0 Å². The van der Waals surface area contributed by atoms with Crippen LogP contribution in [0.5, 0.6) is 0 Å². The van der Waals surface area contributed by atoms with Crippen molar-refractivity contribution in [1.29, 1.82) is 0 Å². The maximum atomic E-state index is 6.00. The van der Waals surface area contributed by atoms with Crippen LogP contribution in [-0.4, -0.2) is 31.1 Å². The smallest absolute Gasteiger partial charge is 0.0406 e. The molecule has 1 aromatic rings. The first-order valence-corrected chi connectivity index (χ1v) is 8.78. The van der Waals surface area contributed by atoms with E-state index in [9.17, 15) is 0 Å². The van der Waals surface area contributed by atoms with Crippen LogP contribution in [0.25, 0.3) is 0 Å². The number of halogens is 1. The Morgan fingerprint density at radius 2 is 2.00 bits per heavy atom. The molecule has 118 valence electrons. The highest BCUT2D eigenvalue weighted by Crippen LogP contribution is 2.21. The fourth-order valence-electron chi connectivity index (χ4n) is 3.19. The van der Waals surface area contributed by atoms with Crippen LogP contribution in [0.2, 0.25) is 5.02 Å². The van der Waals surface area contributed by atoms with Gasteiger partial charge in [-0.15, -0.1) is 0 Å². The molecule has 1 aliphatic heterocycles. The maximum Gasteiger partial charge on any atom is 0.0406 e. The summed E-state index contributed by atoms with van der Waals surface area (Å²) < 4.78 is 0. The Morgan fingerprint density at radius 3 is 2.71 bits per heavy atom. The zero-order chi connectivity index (χ0) is 15.1. The summed E-state index contributed by atoms with van der Waals surface area (Å²) in [6, 6.07) is 8.73. The van der Waals surface area contributed by atoms with Gasteiger partial charge in [-0.2, -0.15) is 0 Å². The topological polar surface area (TPSA) is 15.3 Å². The lowest BCUT2D eigenvalue weighted by molar-refractivity contribution is 0.264. The molecule has 1 saturated heterocycles. The van der Waals surface area contributed by atoms with E-state index in [1.54, 1.807) is 0 Å². The molecule has 1 heterocycles. The quantitative estimate of drug-likeness (QED) is 0.832. The lowest BCUT2D eigenvalue weighted by Crippen LogP contribution is -2.30. The Kier molecular flexibility index (Phi) is 7.01. The van der Waals surface area contributed by atoms with Crippen molar-refractivity contribution in [3.05, 3.63) is 34.9 Å². The molecule has 1 fully saturated rings. The molecule has 2 atom stereocenters. The molecule has 0 bridgehead atoms. The minimum absolute atomic E-state index is 0.438. The van der Waals surface area contributed by atoms with Gasteiger partial charge in [0.25, 0.3) is 0 Å². The molecular weight excluding hydrogens is 280 g/mol. The van der Waals surface area contributed by atoms with Gasteiger partial charge in [0.1, 0.15) is 0 Å². The normalized spacial score (nSPS) is 22.0. The Bertz CT molecular complexity index is 404. The van der Waals surface area contributed by atoms with Gasteiger partial charge in [-0.1, -0.05) is 37.6 Å². The Morgan fingerprint density at radius 1 is 1.24 bits per heavy atom. The van der Waals surface area contributed by atoms with Crippen molar-refractivity contribution in [2.24, 2.45) is 5.92 Å². The van der Waals surface area contributed by atoms with Crippen molar-refractivity contribution in [2.45, 2.75) is 45.6 Å². The van der Waals surface area contributed by atoms with Gasteiger partial charge >= 0.3 is 0 Å². The summed E-state index contributed by atoms with van der Waals surface area (Å²) in [5, 5.41) is 4.43. The summed E-state index contributed by atoms with van der Waals surface area (Å²) in [7, 11) is 0. The third-order valence-corrected chi connectivity index (χ3v) is 4.82. The standard InChI is InChI=1S/C18H29ClN2/c1-3-20-18(16-6-8-17(19)9-7-16)11-14-21-12-4-5-15(2)10-13-21/h6-9,15,18,20H,3-5,10-14H2,1-2H3. The van der Waals surface area contributed by atoms with Gasteiger partial charge in [-0.05, 0) is 75.5 Å². The third-order valence-electron chi connectivity index (χ3n) is 4.57. The van der Waals surface area contributed by atoms with Crippen molar-refractivity contribution in [3.8, 4) is 0 Å². The van der Waals surface area contributed by atoms with Gasteiger partial charge in [0, 0.05) is 11.1 Å². The van der Waals surface area contributed by atoms with Crippen LogP contribution in [0.1, 0.15) is 51.1 Å². The highest BCUT2D eigenvalue weighted by Gasteiger charge is 2.16. The lowest BCUT2D eigenvalue weighted by Gasteiger charge is -2.24. The molecule has 0 radical (unpaired) electrons. The largest absolute Gasteiger partial charge is 0.310 e. The Balaban J connectivity index is 1.89. The van der Waals surface area contributed by atoms with Crippen molar-refractivity contribution in [2.75, 3.05) is 26.2 Å². The van der Waals surface area contributed by atoms with Gasteiger partial charge in [-0.3, -0.25) is 0 Å². The molecule has 21 heavy (non-hydrogen) atoms. The van der Waals surface area contributed by atoms with Crippen LogP contribution in [0.15, 0.2) is 24.3 Å². The van der Waals surface area contributed by atoms with Crippen molar-refractivity contribution in [1.82, 2.24) is 10.2 Å². The van der Waals surface area contributed by atoms with Crippen LogP contribution in [0.4, 0.5) is 0 Å². The van der Waals surface area contributed by atoms with E-state index in [1.165, 1.54) is 50.9 Å². The van der Waals surface area contributed by atoms with E-state index >= 15 is 0 Å². The zero-order valence-electron chi connectivity index (χ0n) is 13.4. The van der Waals surface area contributed by atoms with E-state index < -0.39 is 0 Å². The van der Waals surface area contributed by atoms with Gasteiger partial charge in [-0.25, -0.2) is 0 Å². The van der Waals surface area contributed by atoms with Crippen LogP contribution in [0.3, 0.4) is 0 Å². The fraction of sp³-hybridized carbons (Fsp3) is 0.667. The molecule has 1 aromatic carbocycles. The summed E-state index contributed by atoms with van der Waals surface area (Å²) in [5.74, 6) is 0.899. The van der Waals surface area contributed by atoms with Crippen LogP contribution < -0.4 is 5.32 Å². The van der Waals surface area contributed by atoms with Crippen LogP contribution >= 0.6 is 11.6 Å². The maximum absolute atomic E-state index is 6.00. The molecule has 1 aliphatic rings. The SMILES string of the molecule is CCNC(CCN1CCCC(C)CC1)c1ccc(Cl)cc1. The van der Waals surface area contributed by atoms with Crippen LogP contribution in [0, 0.1) is 5.92 Å². The molecule has 0 aliphatic carbocycles. The van der Waals surface area contributed by atoms with Crippen molar-refractivity contribution in [3.63, 3.8) is 0 Å². The number of benzene rings is 1. The number of rotatable bonds is 6. The number of nitrogens with zero attached hydrogens (tertiary/aromatic N) is 1. The van der Waals surface area contributed by atoms with Crippen LogP contribution in [-0.2, 0) is 0 Å². The molecule has 2 nitrogen and oxygen atoms in total. The minimum atomic E-state index is 0.438. The third kappa shape index (κ3) is 5.61. The average Bonchev–Trinajstić information content (AvgIpc) is 2.69. The molecule has 2 rings (SSSR count). The minimum Gasteiger partial charge on any atom is -0.310 e. The highest BCUT2D eigenvalue weighted by molar-refractivity contribution is 6.30. The fourth-order valence-corrected chi connectivity index (χ4v) is 3.31. The summed E-state index contributed by atoms with van der Waals surface area (Å²) in [6.07, 6.45) is 5.27. The van der Waals surface area contributed by atoms with Crippen molar-refractivity contribution >= 4 is 11.6 Å². The Labute approximate surface area is 134 Å². The second kappa shape index (κ2) is 8.77. The summed E-state index contributed by atoms with van der Waals surface area (Å²) in [4.78, 5) is 2.64. The first kappa shape index (κ1) is 16.8. The van der Waals surface area contributed by atoms with E-state index in [0.717, 1.165) is 17.5 Å². The monoisotopic (exact) mass is 308 g/mol. The first-order chi connectivity index (χ1) is 10.2. The summed E-state index contributed by atoms with van der Waals surface area (Å²) >= 11 is 6.00. The van der Waals surface area contributed by atoms with Gasteiger partial charge < -0.3 is 10.2 Å². The number of likely N-dealkylation sites (tertiary alicyclic amines) is 1. The van der Waals surface area contributed by atoms with Gasteiger partial charge in [0.15, 0.2) is 0 Å². The molecule has 3 heteroatoms. The van der Waals surface area contributed by atoms with Gasteiger partial charge in [0.05, 0.1) is 0 Å². The van der Waals surface area contributed by atoms with E-state index in [2.05, 4.69) is 36.2 Å². The molecule has 0 amide bonds. The summed E-state index contributed by atoms with van der Waals surface area (Å²) in [6.45, 7) is 9.29. The summed E-state index contributed by atoms with van der Waals surface area (Å²) in [5.41, 5.74) is 1.35. The highest BCUT2D eigenvalue weighted by atomic mass is 35.5. The number of nitrogens with one attached hydrogen (secondary N) is 1.